The van der Waals surface area contributed by atoms with Gasteiger partial charge in [-0.05, 0) is 86.9 Å². The molecule has 0 unspecified atom stereocenters. The quantitative estimate of drug-likeness (QED) is 0.557. The van der Waals surface area contributed by atoms with Crippen molar-refractivity contribution in [2.24, 2.45) is 34.5 Å². The van der Waals surface area contributed by atoms with E-state index >= 15 is 0 Å². The molecule has 132 valence electrons. The molecule has 0 heterocycles. The second-order valence-electron chi connectivity index (χ2n) is 9.30. The van der Waals surface area contributed by atoms with Crippen molar-refractivity contribution in [1.82, 2.24) is 0 Å². The Balaban J connectivity index is 0.00000182. The zero-order valence-corrected chi connectivity index (χ0v) is 19.3. The van der Waals surface area contributed by atoms with Gasteiger partial charge in [-0.25, -0.2) is 0 Å². The molecule has 0 aromatic rings. The molecular weight excluding hydrogens is 335 g/mol. The van der Waals surface area contributed by atoms with Crippen LogP contribution >= 0.6 is 0 Å². The van der Waals surface area contributed by atoms with Crippen LogP contribution in [0.2, 0.25) is 0 Å². The Bertz CT molecular complexity index is 595. The van der Waals surface area contributed by atoms with Crippen LogP contribution in [0.3, 0.4) is 0 Å². The van der Waals surface area contributed by atoms with Crippen LogP contribution in [0.1, 0.15) is 71.6 Å². The molecule has 0 aromatic carbocycles. The zero-order chi connectivity index (χ0) is 16.9. The number of hydrogen-bond donors (Lipinski definition) is 0. The maximum Gasteiger partial charge on any atom is 1.00 e. The Morgan fingerprint density at radius 1 is 1.20 bits per heavy atom. The van der Waals surface area contributed by atoms with Gasteiger partial charge in [-0.15, -0.1) is 0 Å². The molecule has 25 heavy (non-hydrogen) atoms. The smallest absolute Gasteiger partial charge is 0.550 e. The zero-order valence-electron chi connectivity index (χ0n) is 16.2. The average molecular weight is 367 g/mol. The van der Waals surface area contributed by atoms with E-state index in [0.29, 0.717) is 16.7 Å². The summed E-state index contributed by atoms with van der Waals surface area (Å²) >= 11 is 0. The van der Waals surface area contributed by atoms with Gasteiger partial charge >= 0.3 is 51.4 Å². The van der Waals surface area contributed by atoms with E-state index in [1.165, 1.54) is 38.5 Å². The van der Waals surface area contributed by atoms with Crippen molar-refractivity contribution in [3.05, 3.63) is 23.8 Å². The fraction of sp³-hybridized carbons (Fsp3) is 0.773. The standard InChI is InChI=1S/C22H32O2.K/c1-21-13-4-3-5-15(21)6-9-17-18-10-7-16(8-11-20(23)24)22(18,2)14-12-19(17)21;/h4-5,13,16-19H,3,6-12,14H2,1-2H3,(H,23,24);/q;+1/p-1/t16-,17-,18-,19-,21-,22+;/m0./s1. The summed E-state index contributed by atoms with van der Waals surface area (Å²) in [5, 5.41) is 10.9. The van der Waals surface area contributed by atoms with Crippen molar-refractivity contribution in [3.8, 4) is 0 Å². The first-order valence-corrected chi connectivity index (χ1v) is 10.0. The number of carbonyl (C=O) groups excluding carboxylic acids is 1. The van der Waals surface area contributed by atoms with Gasteiger partial charge in [-0.1, -0.05) is 37.6 Å². The number of carbonyl (C=O) groups is 1. The molecule has 0 saturated heterocycles. The third kappa shape index (κ3) is 3.31. The first kappa shape index (κ1) is 20.3. The first-order chi connectivity index (χ1) is 11.4. The molecule has 0 radical (unpaired) electrons. The van der Waals surface area contributed by atoms with Gasteiger partial charge in [-0.2, -0.15) is 0 Å². The van der Waals surface area contributed by atoms with Crippen LogP contribution in [0, 0.1) is 34.5 Å². The van der Waals surface area contributed by atoms with Crippen molar-refractivity contribution in [2.45, 2.75) is 71.6 Å². The van der Waals surface area contributed by atoms with E-state index in [1.54, 1.807) is 5.57 Å². The monoisotopic (exact) mass is 366 g/mol. The van der Waals surface area contributed by atoms with Crippen molar-refractivity contribution in [1.29, 1.82) is 0 Å². The fourth-order valence-electron chi connectivity index (χ4n) is 7.22. The number of allylic oxidation sites excluding steroid dienone is 4. The summed E-state index contributed by atoms with van der Waals surface area (Å²) in [5.74, 6) is 2.15. The second kappa shape index (κ2) is 7.54. The SMILES string of the molecule is C[C@]12CC[C@H]3[C@@H](CCC4=CCC=C[C@@]43C)[C@@H]1CC[C@H]2CCC(=O)[O-].[K+]. The molecular formula is C22H31KO2. The number of aliphatic carboxylic acids is 1. The molecule has 3 saturated carbocycles. The molecule has 0 spiro atoms. The summed E-state index contributed by atoms with van der Waals surface area (Å²) in [7, 11) is 0. The first-order valence-electron chi connectivity index (χ1n) is 10.0. The summed E-state index contributed by atoms with van der Waals surface area (Å²) in [6.45, 7) is 4.96. The largest absolute Gasteiger partial charge is 1.00 e. The van der Waals surface area contributed by atoms with Crippen molar-refractivity contribution in [2.75, 3.05) is 0 Å². The Morgan fingerprint density at radius 3 is 2.76 bits per heavy atom. The van der Waals surface area contributed by atoms with Crippen molar-refractivity contribution < 1.29 is 61.3 Å². The van der Waals surface area contributed by atoms with Gasteiger partial charge in [-0.3, -0.25) is 0 Å². The van der Waals surface area contributed by atoms with Gasteiger partial charge in [0.1, 0.15) is 0 Å². The molecule has 4 aliphatic rings. The van der Waals surface area contributed by atoms with Crippen LogP contribution in [0.4, 0.5) is 0 Å². The van der Waals surface area contributed by atoms with E-state index in [4.69, 9.17) is 0 Å². The van der Waals surface area contributed by atoms with E-state index < -0.39 is 5.97 Å². The fourth-order valence-corrected chi connectivity index (χ4v) is 7.22. The van der Waals surface area contributed by atoms with Crippen LogP contribution in [-0.2, 0) is 4.79 Å². The predicted octanol–water partition coefficient (Wildman–Crippen LogP) is 1.27. The normalized spacial score (nSPS) is 44.8. The van der Waals surface area contributed by atoms with Crippen LogP contribution < -0.4 is 56.5 Å². The maximum atomic E-state index is 10.9. The number of fused-ring (bicyclic) bond motifs is 5. The molecule has 4 rings (SSSR count). The van der Waals surface area contributed by atoms with Gasteiger partial charge in [0.2, 0.25) is 0 Å². The van der Waals surface area contributed by atoms with E-state index in [0.717, 1.165) is 30.6 Å². The van der Waals surface area contributed by atoms with Gasteiger partial charge < -0.3 is 9.90 Å². The van der Waals surface area contributed by atoms with Crippen LogP contribution in [-0.4, -0.2) is 5.97 Å². The summed E-state index contributed by atoms with van der Waals surface area (Å²) in [4.78, 5) is 10.9. The van der Waals surface area contributed by atoms with Gasteiger partial charge in [0.15, 0.2) is 0 Å². The summed E-state index contributed by atoms with van der Waals surface area (Å²) in [6, 6.07) is 0. The minimum atomic E-state index is -0.872. The average Bonchev–Trinajstić information content (AvgIpc) is 2.89. The molecule has 0 amide bonds. The van der Waals surface area contributed by atoms with Crippen molar-refractivity contribution >= 4 is 5.97 Å². The molecule has 6 atom stereocenters. The van der Waals surface area contributed by atoms with Crippen LogP contribution in [0.15, 0.2) is 23.8 Å². The molecule has 4 aliphatic carbocycles. The topological polar surface area (TPSA) is 40.1 Å². The van der Waals surface area contributed by atoms with Crippen LogP contribution in [0.5, 0.6) is 0 Å². The summed E-state index contributed by atoms with van der Waals surface area (Å²) in [5.41, 5.74) is 2.36. The van der Waals surface area contributed by atoms with E-state index in [9.17, 15) is 9.90 Å². The molecule has 0 aromatic heterocycles. The van der Waals surface area contributed by atoms with Crippen LogP contribution in [0.25, 0.3) is 0 Å². The molecule has 0 aliphatic heterocycles. The van der Waals surface area contributed by atoms with Crippen molar-refractivity contribution in [3.63, 3.8) is 0 Å². The molecule has 0 bridgehead atoms. The minimum absolute atomic E-state index is 0. The number of hydrogen-bond acceptors (Lipinski definition) is 2. The third-order valence-corrected chi connectivity index (χ3v) is 8.50. The van der Waals surface area contributed by atoms with E-state index in [-0.39, 0.29) is 57.8 Å². The molecule has 3 fully saturated rings. The molecule has 3 heteroatoms. The Morgan fingerprint density at radius 2 is 2.00 bits per heavy atom. The molecule has 0 N–H and O–H groups in total. The van der Waals surface area contributed by atoms with Gasteiger partial charge in [0.25, 0.3) is 0 Å². The second-order valence-corrected chi connectivity index (χ2v) is 9.30. The number of rotatable bonds is 3. The number of carboxylic acids is 1. The third-order valence-electron chi connectivity index (χ3n) is 8.50. The van der Waals surface area contributed by atoms with E-state index in [1.807, 2.05) is 0 Å². The number of carboxylic acid groups (broad SMARTS) is 1. The minimum Gasteiger partial charge on any atom is -0.550 e. The van der Waals surface area contributed by atoms with Gasteiger partial charge in [0, 0.05) is 11.4 Å². The molecule has 2 nitrogen and oxygen atoms in total. The Kier molecular flexibility index (Phi) is 6.13. The summed E-state index contributed by atoms with van der Waals surface area (Å²) < 4.78 is 0. The maximum absolute atomic E-state index is 10.9. The predicted molar refractivity (Wildman–Crippen MR) is 94.0 cm³/mol. The Labute approximate surface area is 195 Å². The summed E-state index contributed by atoms with van der Waals surface area (Å²) in [6.07, 6.45) is 17.3. The van der Waals surface area contributed by atoms with Gasteiger partial charge in [0.05, 0.1) is 0 Å². The Hall–Kier alpha value is 0.586. The van der Waals surface area contributed by atoms with E-state index in [2.05, 4.69) is 32.1 Å².